The Kier molecular flexibility index (Phi) is 3.32. The van der Waals surface area contributed by atoms with Gasteiger partial charge in [0.1, 0.15) is 0 Å². The van der Waals surface area contributed by atoms with Crippen LogP contribution in [0.4, 0.5) is 0 Å². The molecule has 2 rings (SSSR count). The second-order valence-corrected chi connectivity index (χ2v) is 6.71. The number of benzene rings is 1. The minimum atomic E-state index is 0.249. The van der Waals surface area contributed by atoms with Crippen LogP contribution in [0, 0.1) is 0 Å². The molecule has 88 valence electrons. The maximum atomic E-state index is 2.58. The number of rotatable bonds is 1. The molecule has 1 aliphatic heterocycles. The fourth-order valence-corrected chi connectivity index (χ4v) is 3.77. The van der Waals surface area contributed by atoms with E-state index in [1.54, 1.807) is 5.56 Å². The number of alkyl halides is 1. The smallest absolute Gasteiger partial charge is 0.0883 e. The van der Waals surface area contributed by atoms with E-state index in [4.69, 9.17) is 0 Å². The molecule has 0 N–H and O–H groups in total. The first kappa shape index (κ1) is 12.4. The highest BCUT2D eigenvalue weighted by molar-refractivity contribution is 14.1. The van der Waals surface area contributed by atoms with Gasteiger partial charge in [0.2, 0.25) is 0 Å². The van der Waals surface area contributed by atoms with Gasteiger partial charge in [-0.05, 0) is 28.7 Å². The summed E-state index contributed by atoms with van der Waals surface area (Å²) in [5.41, 5.74) is 4.85. The lowest BCUT2D eigenvalue weighted by atomic mass is 9.83. The molecule has 2 heteroatoms. The minimum absolute atomic E-state index is 0.249. The van der Waals surface area contributed by atoms with Gasteiger partial charge in [-0.2, -0.15) is 0 Å². The molecule has 1 unspecified atom stereocenters. The predicted octanol–water partition coefficient (Wildman–Crippen LogP) is 4.25. The molecule has 0 spiro atoms. The summed E-state index contributed by atoms with van der Waals surface area (Å²) in [4.78, 5) is 2.53. The van der Waals surface area contributed by atoms with Crippen LogP contribution < -0.4 is 0 Å². The van der Waals surface area contributed by atoms with Crippen LogP contribution in [0.2, 0.25) is 0 Å². The van der Waals surface area contributed by atoms with Crippen LogP contribution >= 0.6 is 22.6 Å². The second-order valence-electron chi connectivity index (χ2n) is 5.53. The van der Waals surface area contributed by atoms with Gasteiger partial charge in [-0.15, -0.1) is 0 Å². The lowest BCUT2D eigenvalue weighted by molar-refractivity contribution is 0.302. The molecule has 0 saturated heterocycles. The van der Waals surface area contributed by atoms with Gasteiger partial charge in [0.25, 0.3) is 0 Å². The molecular formula is C14H20IN. The fraction of sp³-hybridized carbons (Fsp3) is 0.571. The fourth-order valence-electron chi connectivity index (χ4n) is 2.44. The number of nitrogens with zero attached hydrogens (tertiary/aromatic N) is 1. The van der Waals surface area contributed by atoms with Gasteiger partial charge >= 0.3 is 0 Å². The van der Waals surface area contributed by atoms with E-state index < -0.39 is 0 Å². The molecule has 16 heavy (non-hydrogen) atoms. The minimum Gasteiger partial charge on any atom is -0.284 e. The van der Waals surface area contributed by atoms with Crippen LogP contribution in [0.3, 0.4) is 0 Å². The van der Waals surface area contributed by atoms with Gasteiger partial charge in [-0.1, -0.05) is 68.5 Å². The Morgan fingerprint density at radius 2 is 2.06 bits per heavy atom. The van der Waals surface area contributed by atoms with Gasteiger partial charge in [0.05, 0.1) is 4.05 Å². The highest BCUT2D eigenvalue weighted by Crippen LogP contribution is 2.43. The van der Waals surface area contributed by atoms with Crippen molar-refractivity contribution < 1.29 is 0 Å². The average Bonchev–Trinajstić information content (AvgIpc) is 2.54. The van der Waals surface area contributed by atoms with Crippen molar-refractivity contribution in [2.45, 2.75) is 43.7 Å². The molecule has 1 nitrogen and oxygen atoms in total. The molecule has 0 aliphatic carbocycles. The Hall–Kier alpha value is -0.0900. The summed E-state index contributed by atoms with van der Waals surface area (Å²) in [5.74, 6) is 0. The normalized spacial score (nSPS) is 21.2. The molecule has 1 heterocycles. The zero-order valence-electron chi connectivity index (χ0n) is 10.5. The van der Waals surface area contributed by atoms with Crippen molar-refractivity contribution in [2.24, 2.45) is 0 Å². The van der Waals surface area contributed by atoms with Crippen molar-refractivity contribution in [3.8, 4) is 0 Å². The van der Waals surface area contributed by atoms with Crippen molar-refractivity contribution in [3.05, 3.63) is 34.9 Å². The number of halogens is 1. The third-order valence-electron chi connectivity index (χ3n) is 3.34. The van der Waals surface area contributed by atoms with E-state index in [2.05, 4.69) is 73.4 Å². The third-order valence-corrected chi connectivity index (χ3v) is 4.75. The van der Waals surface area contributed by atoms with Crippen LogP contribution in [-0.2, 0) is 12.0 Å². The van der Waals surface area contributed by atoms with E-state index in [9.17, 15) is 0 Å². The molecule has 1 aromatic rings. The van der Waals surface area contributed by atoms with Crippen LogP contribution in [0.25, 0.3) is 0 Å². The first-order valence-corrected chi connectivity index (χ1v) is 7.20. The summed E-state index contributed by atoms with van der Waals surface area (Å²) in [5, 5.41) is 0. The molecule has 1 aliphatic rings. The van der Waals surface area contributed by atoms with Crippen molar-refractivity contribution in [1.82, 2.24) is 4.90 Å². The standard InChI is InChI=1S/C14H20IN/c1-5-16-9-10-7-6-8-11(14(2,3)4)12(10)13(16)15/h6-8,13H,5,9H2,1-4H3. The molecule has 1 atom stereocenters. The summed E-state index contributed by atoms with van der Waals surface area (Å²) >= 11 is 2.58. The zero-order chi connectivity index (χ0) is 11.9. The Balaban J connectivity index is 2.51. The summed E-state index contributed by atoms with van der Waals surface area (Å²) in [6.45, 7) is 11.4. The van der Waals surface area contributed by atoms with E-state index in [0.717, 1.165) is 13.1 Å². The van der Waals surface area contributed by atoms with Gasteiger partial charge in [0, 0.05) is 6.54 Å². The predicted molar refractivity (Wildman–Crippen MR) is 78.0 cm³/mol. The second kappa shape index (κ2) is 4.30. The Labute approximate surface area is 112 Å². The summed E-state index contributed by atoms with van der Waals surface area (Å²) in [6, 6.07) is 6.79. The van der Waals surface area contributed by atoms with Gasteiger partial charge in [-0.3, -0.25) is 4.90 Å². The Morgan fingerprint density at radius 3 is 2.62 bits per heavy atom. The van der Waals surface area contributed by atoms with Gasteiger partial charge in [0.15, 0.2) is 0 Å². The number of hydrogen-bond donors (Lipinski definition) is 0. The monoisotopic (exact) mass is 329 g/mol. The lowest BCUT2D eigenvalue weighted by Crippen LogP contribution is -2.19. The lowest BCUT2D eigenvalue weighted by Gasteiger charge is -2.25. The maximum absolute atomic E-state index is 2.58. The van der Waals surface area contributed by atoms with E-state index in [1.807, 2.05) is 0 Å². The quantitative estimate of drug-likeness (QED) is 0.423. The summed E-state index contributed by atoms with van der Waals surface area (Å²) in [7, 11) is 0. The van der Waals surface area contributed by atoms with Crippen LogP contribution in [0.15, 0.2) is 18.2 Å². The highest BCUT2D eigenvalue weighted by atomic mass is 127. The first-order valence-electron chi connectivity index (χ1n) is 5.95. The largest absolute Gasteiger partial charge is 0.284 e. The average molecular weight is 329 g/mol. The first-order chi connectivity index (χ1) is 7.45. The molecule has 1 aromatic carbocycles. The topological polar surface area (TPSA) is 3.24 Å². The van der Waals surface area contributed by atoms with Crippen molar-refractivity contribution in [1.29, 1.82) is 0 Å². The molecule has 0 saturated carbocycles. The van der Waals surface area contributed by atoms with Crippen molar-refractivity contribution in [3.63, 3.8) is 0 Å². The summed E-state index contributed by atoms with van der Waals surface area (Å²) in [6.07, 6.45) is 0. The van der Waals surface area contributed by atoms with E-state index >= 15 is 0 Å². The van der Waals surface area contributed by atoms with Gasteiger partial charge in [-0.25, -0.2) is 0 Å². The van der Waals surface area contributed by atoms with E-state index in [0.29, 0.717) is 4.05 Å². The third kappa shape index (κ3) is 2.02. The van der Waals surface area contributed by atoms with E-state index in [1.165, 1.54) is 11.1 Å². The Morgan fingerprint density at radius 1 is 1.38 bits per heavy atom. The maximum Gasteiger partial charge on any atom is 0.0883 e. The van der Waals surface area contributed by atoms with Crippen LogP contribution in [0.1, 0.15) is 48.4 Å². The SMILES string of the molecule is CCN1Cc2cccc(C(C)(C)C)c2C1I. The molecule has 0 aromatic heterocycles. The van der Waals surface area contributed by atoms with E-state index in [-0.39, 0.29) is 5.41 Å². The Bertz CT molecular complexity index is 392. The van der Waals surface area contributed by atoms with Crippen molar-refractivity contribution in [2.75, 3.05) is 6.54 Å². The number of hydrogen-bond acceptors (Lipinski definition) is 1. The summed E-state index contributed by atoms with van der Waals surface area (Å²) < 4.78 is 0.549. The highest BCUT2D eigenvalue weighted by Gasteiger charge is 2.32. The van der Waals surface area contributed by atoms with Crippen LogP contribution in [0.5, 0.6) is 0 Å². The van der Waals surface area contributed by atoms with Crippen LogP contribution in [-0.4, -0.2) is 11.4 Å². The molecule has 0 amide bonds. The molecular weight excluding hydrogens is 309 g/mol. The molecule has 0 fully saturated rings. The number of fused-ring (bicyclic) bond motifs is 1. The molecule has 0 radical (unpaired) electrons. The van der Waals surface area contributed by atoms with Gasteiger partial charge < -0.3 is 0 Å². The van der Waals surface area contributed by atoms with Crippen molar-refractivity contribution >= 4 is 22.6 Å². The zero-order valence-corrected chi connectivity index (χ0v) is 12.7. The molecule has 0 bridgehead atoms.